The summed E-state index contributed by atoms with van der Waals surface area (Å²) in [6.45, 7) is 2.12. The molecule has 0 aromatic carbocycles. The molecule has 1 aliphatic heterocycles. The Kier molecular flexibility index (Phi) is 2.88. The Labute approximate surface area is 101 Å². The molecule has 2 N–H and O–H groups in total. The fourth-order valence-corrected chi connectivity index (χ4v) is 2.29. The number of rotatable bonds is 2. The van der Waals surface area contributed by atoms with Crippen LogP contribution in [0.1, 0.15) is 24.6 Å². The number of piperidine rings is 1. The molecule has 88 valence electrons. The first-order chi connectivity index (χ1) is 8.43. The number of aromatic amines is 1. The Morgan fingerprint density at radius 1 is 1.29 bits per heavy atom. The summed E-state index contributed by atoms with van der Waals surface area (Å²) in [7, 11) is 0. The van der Waals surface area contributed by atoms with Crippen LogP contribution < -0.4 is 5.32 Å². The summed E-state index contributed by atoms with van der Waals surface area (Å²) in [4.78, 5) is 12.1. The van der Waals surface area contributed by atoms with E-state index >= 15 is 0 Å². The zero-order chi connectivity index (χ0) is 11.5. The van der Waals surface area contributed by atoms with Crippen LogP contribution in [0, 0.1) is 0 Å². The smallest absolute Gasteiger partial charge is 0.133 e. The highest BCUT2D eigenvalue weighted by molar-refractivity contribution is 5.57. The van der Waals surface area contributed by atoms with Gasteiger partial charge in [0.1, 0.15) is 5.82 Å². The summed E-state index contributed by atoms with van der Waals surface area (Å²) in [6.07, 6.45) is 8.13. The molecule has 1 aliphatic rings. The third-order valence-electron chi connectivity index (χ3n) is 3.23. The quantitative estimate of drug-likeness (QED) is 0.826. The molecule has 3 rings (SSSR count). The Balaban J connectivity index is 1.88. The van der Waals surface area contributed by atoms with Gasteiger partial charge < -0.3 is 10.3 Å². The SMILES string of the molecule is c1cc(-c2cc[nH]c2)nc(C2CCCNC2)n1. The molecule has 0 spiro atoms. The zero-order valence-electron chi connectivity index (χ0n) is 9.69. The van der Waals surface area contributed by atoms with Gasteiger partial charge in [0.15, 0.2) is 0 Å². The number of aromatic nitrogens is 3. The average Bonchev–Trinajstić information content (AvgIpc) is 2.94. The maximum Gasteiger partial charge on any atom is 0.133 e. The van der Waals surface area contributed by atoms with Crippen LogP contribution in [0.3, 0.4) is 0 Å². The van der Waals surface area contributed by atoms with Crippen molar-refractivity contribution >= 4 is 0 Å². The van der Waals surface area contributed by atoms with E-state index in [0.717, 1.165) is 30.2 Å². The fourth-order valence-electron chi connectivity index (χ4n) is 2.29. The van der Waals surface area contributed by atoms with E-state index in [1.54, 1.807) is 0 Å². The van der Waals surface area contributed by atoms with Crippen molar-refractivity contribution in [3.05, 3.63) is 36.5 Å². The predicted octanol–water partition coefficient (Wildman–Crippen LogP) is 1.94. The van der Waals surface area contributed by atoms with Crippen molar-refractivity contribution in [2.45, 2.75) is 18.8 Å². The molecule has 1 saturated heterocycles. The summed E-state index contributed by atoms with van der Waals surface area (Å²) < 4.78 is 0. The Bertz CT molecular complexity index is 472. The number of hydrogen-bond donors (Lipinski definition) is 2. The molecule has 0 radical (unpaired) electrons. The van der Waals surface area contributed by atoms with Crippen molar-refractivity contribution in [3.63, 3.8) is 0 Å². The van der Waals surface area contributed by atoms with Crippen molar-refractivity contribution in [3.8, 4) is 11.3 Å². The standard InChI is InChI=1S/C13H16N4/c1-2-11(9-14-5-1)13-16-7-4-12(17-13)10-3-6-15-8-10/h3-4,6-8,11,14-15H,1-2,5,9H2. The molecule has 17 heavy (non-hydrogen) atoms. The van der Waals surface area contributed by atoms with Gasteiger partial charge in [0, 0.05) is 36.6 Å². The molecule has 1 fully saturated rings. The van der Waals surface area contributed by atoms with Crippen molar-refractivity contribution in [2.24, 2.45) is 0 Å². The lowest BCUT2D eigenvalue weighted by atomic mass is 9.99. The van der Waals surface area contributed by atoms with Gasteiger partial charge >= 0.3 is 0 Å². The lowest BCUT2D eigenvalue weighted by Gasteiger charge is -2.21. The molecular weight excluding hydrogens is 212 g/mol. The predicted molar refractivity (Wildman–Crippen MR) is 66.7 cm³/mol. The minimum Gasteiger partial charge on any atom is -0.367 e. The first-order valence-corrected chi connectivity index (χ1v) is 6.10. The molecule has 0 saturated carbocycles. The van der Waals surface area contributed by atoms with Crippen LogP contribution >= 0.6 is 0 Å². The molecule has 2 aromatic rings. The Hall–Kier alpha value is -1.68. The van der Waals surface area contributed by atoms with E-state index in [9.17, 15) is 0 Å². The van der Waals surface area contributed by atoms with Crippen LogP contribution in [0.15, 0.2) is 30.7 Å². The second-order valence-corrected chi connectivity index (χ2v) is 4.44. The molecule has 0 bridgehead atoms. The second kappa shape index (κ2) is 4.67. The van der Waals surface area contributed by atoms with Crippen LogP contribution in [0.4, 0.5) is 0 Å². The van der Waals surface area contributed by atoms with Crippen LogP contribution in [0.5, 0.6) is 0 Å². The normalized spacial score (nSPS) is 20.4. The zero-order valence-corrected chi connectivity index (χ0v) is 9.69. The van der Waals surface area contributed by atoms with Gasteiger partial charge in [-0.3, -0.25) is 0 Å². The monoisotopic (exact) mass is 228 g/mol. The van der Waals surface area contributed by atoms with Gasteiger partial charge in [-0.25, -0.2) is 9.97 Å². The highest BCUT2D eigenvalue weighted by Crippen LogP contribution is 2.22. The first-order valence-electron chi connectivity index (χ1n) is 6.10. The number of H-pyrrole nitrogens is 1. The first kappa shape index (κ1) is 10.5. The van der Waals surface area contributed by atoms with Crippen LogP contribution in [-0.4, -0.2) is 28.0 Å². The molecule has 0 amide bonds. The lowest BCUT2D eigenvalue weighted by Crippen LogP contribution is -2.29. The average molecular weight is 228 g/mol. The largest absolute Gasteiger partial charge is 0.367 e. The van der Waals surface area contributed by atoms with Crippen molar-refractivity contribution in [1.82, 2.24) is 20.3 Å². The van der Waals surface area contributed by atoms with Gasteiger partial charge in [-0.2, -0.15) is 0 Å². The van der Waals surface area contributed by atoms with Crippen LogP contribution in [0.25, 0.3) is 11.3 Å². The Morgan fingerprint density at radius 2 is 2.29 bits per heavy atom. The van der Waals surface area contributed by atoms with Gasteiger partial charge in [0.05, 0.1) is 5.69 Å². The van der Waals surface area contributed by atoms with E-state index in [1.807, 2.05) is 30.7 Å². The van der Waals surface area contributed by atoms with E-state index < -0.39 is 0 Å². The minimum atomic E-state index is 0.461. The summed E-state index contributed by atoms with van der Waals surface area (Å²) in [5.41, 5.74) is 2.12. The third-order valence-corrected chi connectivity index (χ3v) is 3.23. The van der Waals surface area contributed by atoms with E-state index in [0.29, 0.717) is 5.92 Å². The van der Waals surface area contributed by atoms with E-state index in [2.05, 4.69) is 20.3 Å². The number of nitrogens with zero attached hydrogens (tertiary/aromatic N) is 2. The molecular formula is C13H16N4. The summed E-state index contributed by atoms with van der Waals surface area (Å²) >= 11 is 0. The summed E-state index contributed by atoms with van der Waals surface area (Å²) in [5, 5.41) is 3.40. The maximum absolute atomic E-state index is 4.67. The van der Waals surface area contributed by atoms with Gasteiger partial charge in [0.25, 0.3) is 0 Å². The minimum absolute atomic E-state index is 0.461. The topological polar surface area (TPSA) is 53.6 Å². The second-order valence-electron chi connectivity index (χ2n) is 4.44. The van der Waals surface area contributed by atoms with Gasteiger partial charge in [0.2, 0.25) is 0 Å². The van der Waals surface area contributed by atoms with Gasteiger partial charge in [-0.1, -0.05) is 0 Å². The highest BCUT2D eigenvalue weighted by atomic mass is 14.9. The molecule has 3 heterocycles. The molecule has 1 unspecified atom stereocenters. The molecule has 1 atom stereocenters. The van der Waals surface area contributed by atoms with Crippen molar-refractivity contribution in [1.29, 1.82) is 0 Å². The highest BCUT2D eigenvalue weighted by Gasteiger charge is 2.18. The van der Waals surface area contributed by atoms with Gasteiger partial charge in [-0.15, -0.1) is 0 Å². The number of nitrogens with one attached hydrogen (secondary N) is 2. The summed E-state index contributed by atoms with van der Waals surface area (Å²) in [5.74, 6) is 1.43. The Morgan fingerprint density at radius 3 is 3.06 bits per heavy atom. The molecule has 0 aliphatic carbocycles. The van der Waals surface area contributed by atoms with Gasteiger partial charge in [-0.05, 0) is 31.5 Å². The van der Waals surface area contributed by atoms with E-state index in [-0.39, 0.29) is 0 Å². The molecule has 2 aromatic heterocycles. The molecule has 4 heteroatoms. The molecule has 4 nitrogen and oxygen atoms in total. The van der Waals surface area contributed by atoms with Crippen LogP contribution in [0.2, 0.25) is 0 Å². The van der Waals surface area contributed by atoms with E-state index in [1.165, 1.54) is 12.8 Å². The third kappa shape index (κ3) is 2.22. The summed E-state index contributed by atoms with van der Waals surface area (Å²) in [6, 6.07) is 3.99. The van der Waals surface area contributed by atoms with Crippen LogP contribution in [-0.2, 0) is 0 Å². The van der Waals surface area contributed by atoms with Crippen molar-refractivity contribution < 1.29 is 0 Å². The number of hydrogen-bond acceptors (Lipinski definition) is 3. The van der Waals surface area contributed by atoms with Crippen molar-refractivity contribution in [2.75, 3.05) is 13.1 Å². The maximum atomic E-state index is 4.67. The van der Waals surface area contributed by atoms with E-state index in [4.69, 9.17) is 0 Å². The fraction of sp³-hybridized carbons (Fsp3) is 0.385. The lowest BCUT2D eigenvalue weighted by molar-refractivity contribution is 0.447.